The van der Waals surface area contributed by atoms with E-state index in [2.05, 4.69) is 4.98 Å². The molecule has 0 aliphatic carbocycles. The van der Waals surface area contributed by atoms with Crippen molar-refractivity contribution in [2.24, 2.45) is 0 Å². The minimum Gasteiger partial charge on any atom is -0.465 e. The van der Waals surface area contributed by atoms with Crippen molar-refractivity contribution in [2.75, 3.05) is 12.0 Å². The van der Waals surface area contributed by atoms with E-state index in [1.165, 1.54) is 23.3 Å². The lowest BCUT2D eigenvalue weighted by atomic mass is 9.98. The van der Waals surface area contributed by atoms with E-state index in [1.807, 2.05) is 13.8 Å². The second-order valence-electron chi connectivity index (χ2n) is 7.50. The van der Waals surface area contributed by atoms with Gasteiger partial charge in [0.2, 0.25) is 5.76 Å². The van der Waals surface area contributed by atoms with Gasteiger partial charge in [-0.15, -0.1) is 11.3 Å². The first-order valence-corrected chi connectivity index (χ1v) is 10.7. The number of hydrogen-bond acceptors (Lipinski definition) is 7. The lowest BCUT2D eigenvalue weighted by molar-refractivity contribution is 0.0600. The van der Waals surface area contributed by atoms with Gasteiger partial charge in [-0.25, -0.2) is 9.78 Å². The van der Waals surface area contributed by atoms with Crippen LogP contribution in [0.5, 0.6) is 0 Å². The molecule has 32 heavy (non-hydrogen) atoms. The summed E-state index contributed by atoms with van der Waals surface area (Å²) in [6.07, 6.45) is 0. The Kier molecular flexibility index (Phi) is 4.67. The van der Waals surface area contributed by atoms with Gasteiger partial charge in [-0.1, -0.05) is 24.3 Å². The van der Waals surface area contributed by atoms with E-state index in [9.17, 15) is 14.4 Å². The molecule has 4 aromatic rings. The van der Waals surface area contributed by atoms with Crippen LogP contribution in [0.4, 0.5) is 5.13 Å². The van der Waals surface area contributed by atoms with Gasteiger partial charge in [-0.3, -0.25) is 14.5 Å². The van der Waals surface area contributed by atoms with E-state index in [4.69, 9.17) is 9.15 Å². The van der Waals surface area contributed by atoms with Crippen molar-refractivity contribution in [3.8, 4) is 0 Å². The summed E-state index contributed by atoms with van der Waals surface area (Å²) >= 11 is 1.38. The molecule has 5 rings (SSSR count). The molecule has 3 heterocycles. The van der Waals surface area contributed by atoms with Crippen LogP contribution < -0.4 is 10.3 Å². The van der Waals surface area contributed by atoms with Gasteiger partial charge >= 0.3 is 5.97 Å². The maximum absolute atomic E-state index is 13.5. The molecule has 0 spiro atoms. The predicted molar refractivity (Wildman–Crippen MR) is 121 cm³/mol. The number of benzene rings is 2. The molecule has 1 aliphatic rings. The average molecular weight is 446 g/mol. The maximum Gasteiger partial charge on any atom is 0.337 e. The number of thiazole rings is 1. The highest BCUT2D eigenvalue weighted by Gasteiger charge is 2.45. The number of anilines is 1. The first-order chi connectivity index (χ1) is 15.4. The van der Waals surface area contributed by atoms with Crippen LogP contribution in [0.1, 0.15) is 48.7 Å². The summed E-state index contributed by atoms with van der Waals surface area (Å²) in [7, 11) is 1.31. The number of aromatic nitrogens is 1. The Morgan fingerprint density at radius 1 is 1.09 bits per heavy atom. The predicted octanol–water partition coefficient (Wildman–Crippen LogP) is 4.40. The van der Waals surface area contributed by atoms with Gasteiger partial charge in [0.1, 0.15) is 5.58 Å². The van der Waals surface area contributed by atoms with E-state index in [-0.39, 0.29) is 16.8 Å². The van der Waals surface area contributed by atoms with E-state index in [0.717, 1.165) is 10.6 Å². The zero-order chi connectivity index (χ0) is 22.6. The van der Waals surface area contributed by atoms with Gasteiger partial charge in [0, 0.05) is 4.88 Å². The number of esters is 1. The molecule has 1 amide bonds. The Bertz CT molecular complexity index is 1430. The Labute approximate surface area is 186 Å². The summed E-state index contributed by atoms with van der Waals surface area (Å²) < 4.78 is 10.7. The van der Waals surface area contributed by atoms with E-state index in [1.54, 1.807) is 48.5 Å². The molecule has 0 fully saturated rings. The Morgan fingerprint density at radius 2 is 1.81 bits per heavy atom. The Hall–Kier alpha value is -3.78. The third-order valence-corrected chi connectivity index (χ3v) is 6.72. The van der Waals surface area contributed by atoms with E-state index >= 15 is 0 Å². The molecule has 0 bridgehead atoms. The van der Waals surface area contributed by atoms with Crippen molar-refractivity contribution in [3.05, 3.63) is 91.8 Å². The zero-order valence-corrected chi connectivity index (χ0v) is 18.4. The van der Waals surface area contributed by atoms with Crippen molar-refractivity contribution in [1.29, 1.82) is 0 Å². The average Bonchev–Trinajstić information content (AvgIpc) is 3.29. The molecule has 7 nitrogen and oxygen atoms in total. The number of ether oxygens (including phenoxy) is 1. The molecule has 1 unspecified atom stereocenters. The number of para-hydroxylation sites is 1. The molecule has 2 aromatic carbocycles. The smallest absolute Gasteiger partial charge is 0.337 e. The van der Waals surface area contributed by atoms with Gasteiger partial charge in [-0.05, 0) is 43.7 Å². The number of rotatable bonds is 3. The van der Waals surface area contributed by atoms with Crippen LogP contribution in [-0.4, -0.2) is 24.0 Å². The third-order valence-electron chi connectivity index (χ3n) is 5.65. The SMILES string of the molecule is COC(=O)c1ccc(C2c3c(oc4ccccc4c3=O)C(=O)N2c2nc(C)c(C)s2)cc1. The Morgan fingerprint density at radius 3 is 2.47 bits per heavy atom. The molecule has 1 aliphatic heterocycles. The monoisotopic (exact) mass is 446 g/mol. The van der Waals surface area contributed by atoms with Crippen molar-refractivity contribution in [2.45, 2.75) is 19.9 Å². The number of aryl methyl sites for hydroxylation is 2. The molecule has 160 valence electrons. The van der Waals surface area contributed by atoms with Crippen LogP contribution in [-0.2, 0) is 4.74 Å². The van der Waals surface area contributed by atoms with Crippen LogP contribution in [0.15, 0.2) is 57.7 Å². The van der Waals surface area contributed by atoms with Crippen molar-refractivity contribution < 1.29 is 18.7 Å². The molecule has 2 aromatic heterocycles. The molecule has 8 heteroatoms. The highest BCUT2D eigenvalue weighted by atomic mass is 32.1. The topological polar surface area (TPSA) is 89.7 Å². The third kappa shape index (κ3) is 2.95. The second-order valence-corrected chi connectivity index (χ2v) is 8.68. The highest BCUT2D eigenvalue weighted by molar-refractivity contribution is 7.15. The first kappa shape index (κ1) is 20.1. The fourth-order valence-corrected chi connectivity index (χ4v) is 4.85. The second kappa shape index (κ2) is 7.42. The summed E-state index contributed by atoms with van der Waals surface area (Å²) in [5, 5.41) is 0.894. The molecular weight excluding hydrogens is 428 g/mol. The molecule has 0 N–H and O–H groups in total. The quantitative estimate of drug-likeness (QED) is 0.433. The normalized spacial score (nSPS) is 15.3. The molecule has 0 radical (unpaired) electrons. The summed E-state index contributed by atoms with van der Waals surface area (Å²) in [5.74, 6) is -0.868. The number of carbonyl (C=O) groups is 2. The van der Waals surface area contributed by atoms with Gasteiger partial charge in [0.25, 0.3) is 5.91 Å². The van der Waals surface area contributed by atoms with Crippen LogP contribution in [0.3, 0.4) is 0 Å². The van der Waals surface area contributed by atoms with Gasteiger partial charge in [0.15, 0.2) is 10.6 Å². The van der Waals surface area contributed by atoms with Crippen molar-refractivity contribution in [3.63, 3.8) is 0 Å². The van der Waals surface area contributed by atoms with Crippen LogP contribution in [0.2, 0.25) is 0 Å². The maximum atomic E-state index is 13.5. The zero-order valence-electron chi connectivity index (χ0n) is 17.5. The minimum absolute atomic E-state index is 0.0150. The highest BCUT2D eigenvalue weighted by Crippen LogP contribution is 2.42. The van der Waals surface area contributed by atoms with Crippen LogP contribution in [0.25, 0.3) is 11.0 Å². The number of methoxy groups -OCH3 is 1. The number of carbonyl (C=O) groups excluding carboxylic acids is 2. The molecular formula is C24H18N2O5S. The Balaban J connectivity index is 1.76. The standard InChI is InChI=1S/C24H18N2O5S/c1-12-13(2)32-24(25-12)26-19(14-8-10-15(11-9-14)23(29)30-3)18-20(27)16-6-4-5-7-17(16)31-21(18)22(26)28/h4-11,19H,1-3H3. The summed E-state index contributed by atoms with van der Waals surface area (Å²) in [5.41, 5.74) is 2.22. The van der Waals surface area contributed by atoms with Gasteiger partial charge in [0.05, 0.1) is 35.4 Å². The molecule has 0 saturated carbocycles. The summed E-state index contributed by atoms with van der Waals surface area (Å²) in [6.45, 7) is 3.81. The van der Waals surface area contributed by atoms with Crippen molar-refractivity contribution >= 4 is 39.3 Å². The fourth-order valence-electron chi connectivity index (χ4n) is 3.91. The number of fused-ring (bicyclic) bond motifs is 2. The lowest BCUT2D eigenvalue weighted by Gasteiger charge is -2.22. The summed E-state index contributed by atoms with van der Waals surface area (Å²) in [4.78, 5) is 45.9. The van der Waals surface area contributed by atoms with Gasteiger partial charge < -0.3 is 9.15 Å². The first-order valence-electron chi connectivity index (χ1n) is 9.92. The van der Waals surface area contributed by atoms with Crippen LogP contribution >= 0.6 is 11.3 Å². The number of hydrogen-bond donors (Lipinski definition) is 0. The minimum atomic E-state index is -0.727. The van der Waals surface area contributed by atoms with E-state index < -0.39 is 17.9 Å². The molecule has 1 atom stereocenters. The van der Waals surface area contributed by atoms with Crippen LogP contribution in [0, 0.1) is 13.8 Å². The van der Waals surface area contributed by atoms with E-state index in [0.29, 0.717) is 27.2 Å². The molecule has 0 saturated heterocycles. The fraction of sp³-hybridized carbons (Fsp3) is 0.167. The number of nitrogens with zero attached hydrogens (tertiary/aromatic N) is 2. The largest absolute Gasteiger partial charge is 0.465 e. The van der Waals surface area contributed by atoms with Gasteiger partial charge in [-0.2, -0.15) is 0 Å². The van der Waals surface area contributed by atoms with Crippen molar-refractivity contribution in [1.82, 2.24) is 4.98 Å². The lowest BCUT2D eigenvalue weighted by Crippen LogP contribution is -2.29. The summed E-state index contributed by atoms with van der Waals surface area (Å²) in [6, 6.07) is 12.8. The number of amides is 1.